The van der Waals surface area contributed by atoms with Gasteiger partial charge < -0.3 is 5.32 Å². The van der Waals surface area contributed by atoms with E-state index in [-0.39, 0.29) is 4.90 Å². The molecule has 1 aliphatic rings. The van der Waals surface area contributed by atoms with Crippen LogP contribution in [0.15, 0.2) is 65.6 Å². The van der Waals surface area contributed by atoms with E-state index in [0.29, 0.717) is 11.5 Å². The highest BCUT2D eigenvalue weighted by atomic mass is 32.2. The molecule has 0 saturated carbocycles. The third kappa shape index (κ3) is 7.77. The van der Waals surface area contributed by atoms with Gasteiger partial charge in [-0.1, -0.05) is 74.9 Å². The Bertz CT molecular complexity index is 925. The molecule has 1 heterocycles. The molecule has 0 bridgehead atoms. The maximum atomic E-state index is 10.5. The van der Waals surface area contributed by atoms with Gasteiger partial charge in [0.25, 0.3) is 10.1 Å². The lowest BCUT2D eigenvalue weighted by Gasteiger charge is -2.29. The van der Waals surface area contributed by atoms with E-state index in [4.69, 9.17) is 4.55 Å². The third-order valence-electron chi connectivity index (χ3n) is 5.09. The molecule has 4 nitrogen and oxygen atoms in total. The number of rotatable bonds is 4. The van der Waals surface area contributed by atoms with Crippen LogP contribution >= 0.6 is 0 Å². The van der Waals surface area contributed by atoms with Crippen molar-refractivity contribution in [2.24, 2.45) is 5.41 Å². The zero-order valence-electron chi connectivity index (χ0n) is 17.9. The first kappa shape index (κ1) is 23.3. The Hall–Kier alpha value is -1.95. The lowest BCUT2D eigenvalue weighted by atomic mass is 9.85. The molecule has 0 aromatic heterocycles. The summed E-state index contributed by atoms with van der Waals surface area (Å²) in [5, 5.41) is 3.61. The largest absolute Gasteiger partial charge is 0.306 e. The smallest absolute Gasteiger partial charge is 0.294 e. The summed E-state index contributed by atoms with van der Waals surface area (Å²) in [6, 6.07) is 15.2. The third-order valence-corrected chi connectivity index (χ3v) is 5.96. The van der Waals surface area contributed by atoms with Gasteiger partial charge >= 0.3 is 0 Å². The van der Waals surface area contributed by atoms with E-state index in [9.17, 15) is 8.42 Å². The van der Waals surface area contributed by atoms with Crippen LogP contribution in [0.4, 0.5) is 0 Å². The van der Waals surface area contributed by atoms with Gasteiger partial charge in [-0.3, -0.25) is 4.55 Å². The summed E-state index contributed by atoms with van der Waals surface area (Å²) in [5.41, 5.74) is 5.64. The highest BCUT2D eigenvalue weighted by molar-refractivity contribution is 7.85. The molecule has 5 heteroatoms. The summed E-state index contributed by atoms with van der Waals surface area (Å²) in [6.45, 7) is 14.0. The number of fused-ring (bicyclic) bond motifs is 1. The summed E-state index contributed by atoms with van der Waals surface area (Å²) in [4.78, 5) is -0.0666. The summed E-state index contributed by atoms with van der Waals surface area (Å²) in [7, 11) is -4.02. The van der Waals surface area contributed by atoms with E-state index in [2.05, 4.69) is 56.9 Å². The molecule has 29 heavy (non-hydrogen) atoms. The second kappa shape index (κ2) is 9.70. The quantitative estimate of drug-likeness (QED) is 0.523. The first-order chi connectivity index (χ1) is 13.5. The SMILES string of the molecule is C=C(CCC(C)(C)C)[C@@H]1Cc2ccccc2CN1.Cc1ccc(S(=O)(=O)O)cc1. The molecule has 0 unspecified atom stereocenters. The van der Waals surface area contributed by atoms with Crippen molar-refractivity contribution in [2.45, 2.75) is 64.4 Å². The van der Waals surface area contributed by atoms with Gasteiger partial charge in [0.1, 0.15) is 0 Å². The summed E-state index contributed by atoms with van der Waals surface area (Å²) in [5.74, 6) is 0. The molecule has 158 valence electrons. The predicted molar refractivity (Wildman–Crippen MR) is 120 cm³/mol. The molecule has 2 aromatic rings. The van der Waals surface area contributed by atoms with Crippen LogP contribution in [0.5, 0.6) is 0 Å². The Morgan fingerprint density at radius 1 is 1.10 bits per heavy atom. The molecule has 0 saturated heterocycles. The van der Waals surface area contributed by atoms with Gasteiger partial charge in [0, 0.05) is 12.6 Å². The fourth-order valence-electron chi connectivity index (χ4n) is 3.16. The normalized spacial score (nSPS) is 16.4. The number of benzene rings is 2. The average Bonchev–Trinajstić information content (AvgIpc) is 2.65. The van der Waals surface area contributed by atoms with E-state index in [1.54, 1.807) is 12.1 Å². The molecule has 0 radical (unpaired) electrons. The number of hydrogen-bond donors (Lipinski definition) is 2. The molecular formula is C24H33NO3S. The van der Waals surface area contributed by atoms with Crippen molar-refractivity contribution in [2.75, 3.05) is 0 Å². The second-order valence-electron chi connectivity index (χ2n) is 8.91. The lowest BCUT2D eigenvalue weighted by molar-refractivity contribution is 0.369. The van der Waals surface area contributed by atoms with Crippen molar-refractivity contribution in [3.05, 3.63) is 77.4 Å². The molecule has 0 fully saturated rings. The molecule has 2 aromatic carbocycles. The Morgan fingerprint density at radius 3 is 2.24 bits per heavy atom. The fourth-order valence-corrected chi connectivity index (χ4v) is 3.64. The van der Waals surface area contributed by atoms with E-state index >= 15 is 0 Å². The zero-order valence-corrected chi connectivity index (χ0v) is 18.7. The molecule has 2 N–H and O–H groups in total. The number of aryl methyl sites for hydroxylation is 1. The molecule has 1 atom stereocenters. The molecule has 0 aliphatic carbocycles. The first-order valence-corrected chi connectivity index (χ1v) is 11.4. The van der Waals surface area contributed by atoms with E-state index < -0.39 is 10.1 Å². The van der Waals surface area contributed by atoms with Gasteiger partial charge in [0.05, 0.1) is 4.90 Å². The Balaban J connectivity index is 0.000000234. The minimum absolute atomic E-state index is 0.0666. The highest BCUT2D eigenvalue weighted by Gasteiger charge is 2.21. The second-order valence-corrected chi connectivity index (χ2v) is 10.3. The highest BCUT2D eigenvalue weighted by Crippen LogP contribution is 2.26. The van der Waals surface area contributed by atoms with Crippen LogP contribution in [-0.4, -0.2) is 19.0 Å². The molecule has 1 aliphatic heterocycles. The Kier molecular flexibility index (Phi) is 7.80. The van der Waals surface area contributed by atoms with Crippen molar-refractivity contribution >= 4 is 10.1 Å². The van der Waals surface area contributed by atoms with Gasteiger partial charge in [-0.05, 0) is 54.9 Å². The fraction of sp³-hybridized carbons (Fsp3) is 0.417. The standard InChI is InChI=1S/C17H25N.C7H8O3S/c1-13(9-10-17(2,3)4)16-11-14-7-5-6-8-15(14)12-18-16;1-6-2-4-7(5-3-6)11(8,9)10/h5-8,16,18H,1,9-12H2,2-4H3;2-5H,1H3,(H,8,9,10)/t16-;/m0./s1. The van der Waals surface area contributed by atoms with Crippen LogP contribution in [-0.2, 0) is 23.1 Å². The summed E-state index contributed by atoms with van der Waals surface area (Å²) < 4.78 is 29.6. The summed E-state index contributed by atoms with van der Waals surface area (Å²) in [6.07, 6.45) is 3.44. The molecule has 0 spiro atoms. The van der Waals surface area contributed by atoms with Crippen LogP contribution in [0.1, 0.15) is 50.3 Å². The summed E-state index contributed by atoms with van der Waals surface area (Å²) >= 11 is 0. The van der Waals surface area contributed by atoms with Crippen LogP contribution in [0.3, 0.4) is 0 Å². The van der Waals surface area contributed by atoms with Gasteiger partial charge in [0.15, 0.2) is 0 Å². The maximum absolute atomic E-state index is 10.5. The minimum Gasteiger partial charge on any atom is -0.306 e. The van der Waals surface area contributed by atoms with Gasteiger partial charge in [-0.15, -0.1) is 0 Å². The zero-order chi connectivity index (χ0) is 21.7. The van der Waals surface area contributed by atoms with Crippen molar-refractivity contribution in [1.29, 1.82) is 0 Å². The monoisotopic (exact) mass is 415 g/mol. The molecular weight excluding hydrogens is 382 g/mol. The van der Waals surface area contributed by atoms with Crippen LogP contribution in [0.2, 0.25) is 0 Å². The first-order valence-electron chi connectivity index (χ1n) is 9.98. The molecule has 0 amide bonds. The van der Waals surface area contributed by atoms with Crippen LogP contribution in [0, 0.1) is 12.3 Å². The van der Waals surface area contributed by atoms with Crippen LogP contribution in [0.25, 0.3) is 0 Å². The van der Waals surface area contributed by atoms with Crippen LogP contribution < -0.4 is 5.32 Å². The lowest BCUT2D eigenvalue weighted by Crippen LogP contribution is -2.36. The maximum Gasteiger partial charge on any atom is 0.294 e. The predicted octanol–water partition coefficient (Wildman–Crippen LogP) is 5.33. The van der Waals surface area contributed by atoms with E-state index in [1.807, 2.05) is 6.92 Å². The number of hydrogen-bond acceptors (Lipinski definition) is 3. The van der Waals surface area contributed by atoms with Crippen molar-refractivity contribution in [3.63, 3.8) is 0 Å². The topological polar surface area (TPSA) is 66.4 Å². The van der Waals surface area contributed by atoms with Gasteiger partial charge in [0.2, 0.25) is 0 Å². The van der Waals surface area contributed by atoms with E-state index in [0.717, 1.165) is 24.9 Å². The van der Waals surface area contributed by atoms with Gasteiger partial charge in [-0.25, -0.2) is 0 Å². The Morgan fingerprint density at radius 2 is 1.69 bits per heavy atom. The Labute approximate surface area is 175 Å². The van der Waals surface area contributed by atoms with E-state index in [1.165, 1.54) is 35.3 Å². The van der Waals surface area contributed by atoms with Crippen molar-refractivity contribution in [3.8, 4) is 0 Å². The number of nitrogens with one attached hydrogen (secondary N) is 1. The average molecular weight is 416 g/mol. The minimum atomic E-state index is -4.02. The van der Waals surface area contributed by atoms with Gasteiger partial charge in [-0.2, -0.15) is 8.42 Å². The van der Waals surface area contributed by atoms with Crippen molar-refractivity contribution < 1.29 is 13.0 Å². The van der Waals surface area contributed by atoms with Crippen molar-refractivity contribution in [1.82, 2.24) is 5.32 Å². The molecule has 3 rings (SSSR count).